The Bertz CT molecular complexity index is 762. The molecule has 7 nitrogen and oxygen atoms in total. The fourth-order valence-electron chi connectivity index (χ4n) is 2.71. The van der Waals surface area contributed by atoms with E-state index in [-0.39, 0.29) is 17.3 Å². The number of hydrogen-bond donors (Lipinski definition) is 3. The molecule has 0 fully saturated rings. The lowest BCUT2D eigenvalue weighted by Crippen LogP contribution is -2.19. The van der Waals surface area contributed by atoms with Crippen molar-refractivity contribution < 1.29 is 9.59 Å². The van der Waals surface area contributed by atoms with Gasteiger partial charge in [-0.3, -0.25) is 14.3 Å². The van der Waals surface area contributed by atoms with Gasteiger partial charge in [-0.1, -0.05) is 0 Å². The summed E-state index contributed by atoms with van der Waals surface area (Å²) in [5.41, 5.74) is 13.0. The highest BCUT2D eigenvalue weighted by Gasteiger charge is 2.26. The van der Waals surface area contributed by atoms with E-state index in [4.69, 9.17) is 11.5 Å². The molecule has 0 aliphatic heterocycles. The van der Waals surface area contributed by atoms with Crippen LogP contribution in [0.15, 0.2) is 6.20 Å². The average Bonchev–Trinajstić information content (AvgIpc) is 2.99. The van der Waals surface area contributed by atoms with Crippen molar-refractivity contribution in [3.63, 3.8) is 0 Å². The van der Waals surface area contributed by atoms with Crippen molar-refractivity contribution in [2.45, 2.75) is 25.7 Å². The number of nitrogen functional groups attached to an aromatic ring is 1. The minimum atomic E-state index is -0.506. The fourth-order valence-corrected chi connectivity index (χ4v) is 4.00. The molecule has 0 atom stereocenters. The Labute approximate surface area is 131 Å². The zero-order chi connectivity index (χ0) is 15.9. The van der Waals surface area contributed by atoms with Crippen molar-refractivity contribution in [3.8, 4) is 0 Å². The fraction of sp³-hybridized carbons (Fsp3) is 0.357. The van der Waals surface area contributed by atoms with E-state index in [1.54, 1.807) is 7.05 Å². The maximum Gasteiger partial charge on any atom is 0.261 e. The number of nitrogens with zero attached hydrogens (tertiary/aromatic N) is 2. The third-order valence-corrected chi connectivity index (χ3v) is 5.08. The molecule has 2 aromatic heterocycles. The van der Waals surface area contributed by atoms with Gasteiger partial charge in [0, 0.05) is 11.9 Å². The van der Waals surface area contributed by atoms with Gasteiger partial charge in [0.15, 0.2) is 0 Å². The predicted molar refractivity (Wildman–Crippen MR) is 85.1 cm³/mol. The van der Waals surface area contributed by atoms with Crippen LogP contribution in [0.4, 0.5) is 10.8 Å². The van der Waals surface area contributed by atoms with Gasteiger partial charge in [0.2, 0.25) is 0 Å². The lowest BCUT2D eigenvalue weighted by atomic mass is 9.95. The number of amides is 2. The van der Waals surface area contributed by atoms with Crippen LogP contribution in [0.1, 0.15) is 44.0 Å². The van der Waals surface area contributed by atoms with Crippen molar-refractivity contribution in [1.82, 2.24) is 9.78 Å². The number of aromatic nitrogens is 2. The first-order chi connectivity index (χ1) is 10.5. The molecule has 116 valence electrons. The summed E-state index contributed by atoms with van der Waals surface area (Å²) in [6.07, 6.45) is 5.28. The molecule has 8 heteroatoms. The number of rotatable bonds is 3. The van der Waals surface area contributed by atoms with Crippen molar-refractivity contribution >= 4 is 34.0 Å². The van der Waals surface area contributed by atoms with Crippen LogP contribution < -0.4 is 16.8 Å². The molecular weight excluding hydrogens is 302 g/mol. The normalized spacial score (nSPS) is 13.7. The monoisotopic (exact) mass is 319 g/mol. The molecule has 2 aromatic rings. The minimum absolute atomic E-state index is 0.277. The Morgan fingerprint density at radius 2 is 2.09 bits per heavy atom. The molecule has 3 rings (SSSR count). The van der Waals surface area contributed by atoms with Gasteiger partial charge in [-0.2, -0.15) is 5.10 Å². The lowest BCUT2D eigenvalue weighted by molar-refractivity contribution is 0.100. The molecule has 1 aliphatic carbocycles. The van der Waals surface area contributed by atoms with Crippen LogP contribution in [-0.4, -0.2) is 21.6 Å². The largest absolute Gasteiger partial charge is 0.383 e. The van der Waals surface area contributed by atoms with Gasteiger partial charge < -0.3 is 16.8 Å². The van der Waals surface area contributed by atoms with E-state index < -0.39 is 5.91 Å². The summed E-state index contributed by atoms with van der Waals surface area (Å²) >= 11 is 1.43. The molecule has 0 aromatic carbocycles. The number of thiophene rings is 1. The van der Waals surface area contributed by atoms with Crippen LogP contribution >= 0.6 is 11.3 Å². The number of nitrogens with one attached hydrogen (secondary N) is 1. The molecule has 0 saturated carbocycles. The van der Waals surface area contributed by atoms with Crippen LogP contribution in [0.5, 0.6) is 0 Å². The SMILES string of the molecule is Cn1ncc(C(=O)Nc2sc3c(c2C(N)=O)CCCC3)c1N. The maximum atomic E-state index is 12.3. The molecule has 0 radical (unpaired) electrons. The number of carbonyl (C=O) groups excluding carboxylic acids is 2. The number of fused-ring (bicyclic) bond motifs is 1. The molecule has 0 unspecified atom stereocenters. The molecule has 1 aliphatic rings. The molecule has 0 spiro atoms. The Morgan fingerprint density at radius 3 is 2.73 bits per heavy atom. The number of primary amides is 1. The summed E-state index contributed by atoms with van der Waals surface area (Å²) in [5.74, 6) is -0.611. The summed E-state index contributed by atoms with van der Waals surface area (Å²) in [6, 6.07) is 0. The maximum absolute atomic E-state index is 12.3. The topological polar surface area (TPSA) is 116 Å². The van der Waals surface area contributed by atoms with E-state index >= 15 is 0 Å². The number of aryl methyl sites for hydroxylation is 2. The molecule has 2 heterocycles. The van der Waals surface area contributed by atoms with E-state index in [1.807, 2.05) is 0 Å². The van der Waals surface area contributed by atoms with Crippen LogP contribution in [0, 0.1) is 0 Å². The van der Waals surface area contributed by atoms with E-state index in [9.17, 15) is 9.59 Å². The Balaban J connectivity index is 1.95. The quantitative estimate of drug-likeness (QED) is 0.790. The molecule has 2 amide bonds. The van der Waals surface area contributed by atoms with Crippen LogP contribution in [0.25, 0.3) is 0 Å². The van der Waals surface area contributed by atoms with E-state index in [0.717, 1.165) is 36.1 Å². The van der Waals surface area contributed by atoms with Gasteiger partial charge in [-0.15, -0.1) is 11.3 Å². The minimum Gasteiger partial charge on any atom is -0.383 e. The summed E-state index contributed by atoms with van der Waals surface area (Å²) in [4.78, 5) is 25.3. The molecular formula is C14H17N5O2S. The van der Waals surface area contributed by atoms with Crippen LogP contribution in [-0.2, 0) is 19.9 Å². The summed E-state index contributed by atoms with van der Waals surface area (Å²) < 4.78 is 1.42. The molecule has 5 N–H and O–H groups in total. The van der Waals surface area contributed by atoms with E-state index in [2.05, 4.69) is 10.4 Å². The van der Waals surface area contributed by atoms with Crippen molar-refractivity contribution in [3.05, 3.63) is 27.8 Å². The van der Waals surface area contributed by atoms with Gasteiger partial charge in [0.05, 0.1) is 11.8 Å². The molecule has 0 saturated heterocycles. The number of nitrogens with two attached hydrogens (primary N) is 2. The zero-order valence-corrected chi connectivity index (χ0v) is 13.0. The van der Waals surface area contributed by atoms with Gasteiger partial charge >= 0.3 is 0 Å². The first kappa shape index (κ1) is 14.6. The standard InChI is InChI=1S/C14H17N5O2S/c1-19-11(15)8(6-17-19)13(21)18-14-10(12(16)20)7-4-2-3-5-9(7)22-14/h6H,2-5,15H2,1H3,(H2,16,20)(H,18,21). The Hall–Kier alpha value is -2.35. The predicted octanol–water partition coefficient (Wildman–Crippen LogP) is 1.29. The van der Waals surface area contributed by atoms with Gasteiger partial charge in [0.1, 0.15) is 16.4 Å². The smallest absolute Gasteiger partial charge is 0.261 e. The van der Waals surface area contributed by atoms with Crippen LogP contribution in [0.3, 0.4) is 0 Å². The van der Waals surface area contributed by atoms with Crippen molar-refractivity contribution in [1.29, 1.82) is 0 Å². The van der Waals surface area contributed by atoms with Crippen LogP contribution in [0.2, 0.25) is 0 Å². The zero-order valence-electron chi connectivity index (χ0n) is 12.2. The number of carbonyl (C=O) groups is 2. The van der Waals surface area contributed by atoms with Gasteiger partial charge in [-0.25, -0.2) is 0 Å². The highest BCUT2D eigenvalue weighted by atomic mass is 32.1. The second kappa shape index (κ2) is 5.45. The van der Waals surface area contributed by atoms with E-state index in [1.165, 1.54) is 22.2 Å². The Kier molecular flexibility index (Phi) is 3.61. The second-order valence-electron chi connectivity index (χ2n) is 5.30. The summed E-state index contributed by atoms with van der Waals surface area (Å²) in [7, 11) is 1.66. The van der Waals surface area contributed by atoms with Crippen molar-refractivity contribution in [2.75, 3.05) is 11.1 Å². The summed E-state index contributed by atoms with van der Waals surface area (Å²) in [5, 5.41) is 7.22. The highest BCUT2D eigenvalue weighted by molar-refractivity contribution is 7.17. The lowest BCUT2D eigenvalue weighted by Gasteiger charge is -2.11. The third kappa shape index (κ3) is 2.35. The van der Waals surface area contributed by atoms with Gasteiger partial charge in [0.25, 0.3) is 11.8 Å². The van der Waals surface area contributed by atoms with E-state index in [0.29, 0.717) is 10.6 Å². The van der Waals surface area contributed by atoms with Crippen molar-refractivity contribution in [2.24, 2.45) is 12.8 Å². The first-order valence-corrected chi connectivity index (χ1v) is 7.84. The number of anilines is 2. The number of hydrogen-bond acceptors (Lipinski definition) is 5. The summed E-state index contributed by atoms with van der Waals surface area (Å²) in [6.45, 7) is 0. The second-order valence-corrected chi connectivity index (χ2v) is 6.41. The molecule has 22 heavy (non-hydrogen) atoms. The average molecular weight is 319 g/mol. The Morgan fingerprint density at radius 1 is 1.36 bits per heavy atom. The molecule has 0 bridgehead atoms. The van der Waals surface area contributed by atoms with Gasteiger partial charge in [-0.05, 0) is 31.2 Å². The highest BCUT2D eigenvalue weighted by Crippen LogP contribution is 2.38. The third-order valence-electron chi connectivity index (χ3n) is 3.87. The first-order valence-electron chi connectivity index (χ1n) is 7.02.